The van der Waals surface area contributed by atoms with Gasteiger partial charge in [-0.25, -0.2) is 0 Å². The van der Waals surface area contributed by atoms with Crippen LogP contribution in [-0.2, 0) is 9.59 Å². The summed E-state index contributed by atoms with van der Waals surface area (Å²) in [5.74, 6) is 9.83. The number of nitrogens with one attached hydrogen (secondary N) is 1. The summed E-state index contributed by atoms with van der Waals surface area (Å²) in [5, 5.41) is 24.8. The molecule has 0 radical (unpaired) electrons. The highest BCUT2D eigenvalue weighted by Gasteiger charge is 2.60. The molecule has 0 aromatic heterocycles. The third-order valence-electron chi connectivity index (χ3n) is 19.9. The van der Waals surface area contributed by atoms with Gasteiger partial charge >= 0.3 is 0 Å². The van der Waals surface area contributed by atoms with Crippen molar-refractivity contribution < 1.29 is 19.8 Å². The Morgan fingerprint density at radius 1 is 0.569 bits per heavy atom. The third-order valence-corrected chi connectivity index (χ3v) is 20.5. The summed E-state index contributed by atoms with van der Waals surface area (Å²) in [4.78, 5) is 28.1. The van der Waals surface area contributed by atoms with Gasteiger partial charge < -0.3 is 15.5 Å². The van der Waals surface area contributed by atoms with Crippen LogP contribution in [-0.4, -0.2) is 75.9 Å². The number of halogens is 1. The highest BCUT2D eigenvalue weighted by molar-refractivity contribution is 9.09. The second-order valence-electron chi connectivity index (χ2n) is 23.2. The number of aliphatic hydroxyl groups is 2. The van der Waals surface area contributed by atoms with Crippen LogP contribution in [0.25, 0.3) is 0 Å². The van der Waals surface area contributed by atoms with Gasteiger partial charge in [-0.2, -0.15) is 0 Å². The molecular formula is C51H87BrN2O4. The first-order valence-electron chi connectivity index (χ1n) is 24.7. The SMILES string of the molecule is C.C1CCNC1.C[C@@]1(O)CC[C@H]2[C@@H](CC[C@@H]3[C@@H]2CC[C@]2(C)[C@@H](C(=O)CBr)CC[C@@H]32)C1.C[C@@]1(O)CC[C@H]2[C@@H](CC[C@@H]3[C@@H]2CC[C@]2(C)[C@@H](C(=O)CN4CCCC4)CC[C@@H]32)C1. The van der Waals surface area contributed by atoms with Crippen LogP contribution in [0.1, 0.15) is 176 Å². The second-order valence-corrected chi connectivity index (χ2v) is 23.8. The Bertz CT molecular complexity index is 1400. The van der Waals surface area contributed by atoms with Crippen molar-refractivity contribution in [1.82, 2.24) is 10.2 Å². The lowest BCUT2D eigenvalue weighted by atomic mass is 9.49. The van der Waals surface area contributed by atoms with Crippen LogP contribution in [0, 0.1) is 81.8 Å². The topological polar surface area (TPSA) is 89.9 Å². The maximum Gasteiger partial charge on any atom is 0.150 e. The Morgan fingerprint density at radius 2 is 1.02 bits per heavy atom. The van der Waals surface area contributed by atoms with Gasteiger partial charge in [-0.05, 0) is 251 Å². The van der Waals surface area contributed by atoms with Gasteiger partial charge in [0.25, 0.3) is 0 Å². The lowest BCUT2D eigenvalue weighted by molar-refractivity contribution is -0.133. The molecule has 2 aliphatic heterocycles. The van der Waals surface area contributed by atoms with Crippen molar-refractivity contribution in [2.45, 2.75) is 188 Å². The molecule has 16 atom stereocenters. The first-order chi connectivity index (χ1) is 27.2. The molecule has 10 rings (SSSR count). The molecule has 7 heteroatoms. The predicted molar refractivity (Wildman–Crippen MR) is 241 cm³/mol. The van der Waals surface area contributed by atoms with Crippen molar-refractivity contribution in [1.29, 1.82) is 0 Å². The normalized spacial score (nSPS) is 49.2. The molecule has 0 aromatic rings. The Morgan fingerprint density at radius 3 is 1.45 bits per heavy atom. The molecule has 6 nitrogen and oxygen atoms in total. The van der Waals surface area contributed by atoms with Gasteiger partial charge in [0.2, 0.25) is 0 Å². The maximum absolute atomic E-state index is 13.3. The second kappa shape index (κ2) is 18.4. The first kappa shape index (κ1) is 45.7. The number of nitrogens with zero attached hydrogens (tertiary/aromatic N) is 1. The van der Waals surface area contributed by atoms with Gasteiger partial charge in [0.15, 0.2) is 0 Å². The molecule has 0 aromatic carbocycles. The van der Waals surface area contributed by atoms with E-state index < -0.39 is 11.2 Å². The zero-order valence-corrected chi connectivity index (χ0v) is 38.3. The quantitative estimate of drug-likeness (QED) is 0.239. The van der Waals surface area contributed by atoms with E-state index in [0.717, 1.165) is 117 Å². The molecule has 0 bridgehead atoms. The number of carbonyl (C=O) groups is 2. The molecule has 8 saturated carbocycles. The maximum atomic E-state index is 13.3. The lowest BCUT2D eigenvalue weighted by Gasteiger charge is -2.56. The van der Waals surface area contributed by atoms with Crippen LogP contribution in [0.5, 0.6) is 0 Å². The Kier molecular flexibility index (Phi) is 14.5. The zero-order valence-electron chi connectivity index (χ0n) is 36.8. The molecule has 3 N–H and O–H groups in total. The van der Waals surface area contributed by atoms with Gasteiger partial charge in [-0.1, -0.05) is 37.2 Å². The minimum absolute atomic E-state index is 0. The number of Topliss-reactive ketones (excluding diaryl/α,β-unsaturated/α-hetero) is 2. The average Bonchev–Trinajstić information content (AvgIpc) is 4.02. The van der Waals surface area contributed by atoms with Crippen molar-refractivity contribution in [3.8, 4) is 0 Å². The first-order valence-corrected chi connectivity index (χ1v) is 25.8. The molecule has 332 valence electrons. The number of rotatable bonds is 5. The standard InChI is InChI=1S/C25H41NO2.C21H33BrO2.C4H9N.CH4/c1-24(28)11-9-18-17(15-24)5-6-20-19(18)10-12-25(2)21(20)7-8-22(25)23(27)16-26-13-3-4-14-26;1-20(24)9-7-14-13(11-20)3-4-16-15(14)8-10-21(2)17(16)5-6-18(21)19(23)12-22;1-2-4-5-3-1;/h17-22,28H,3-16H2,1-2H3;13-18,24H,3-12H2,1-2H3;5H,1-4H2;1H4/t17-,18-,19+,20+,21-,22+,24+,25-;13-,14-,15+,16+,17-,18+,20+,21-;;/m00../s1. The summed E-state index contributed by atoms with van der Waals surface area (Å²) < 4.78 is 0. The molecular weight excluding hydrogens is 784 g/mol. The van der Waals surface area contributed by atoms with E-state index in [1.165, 1.54) is 116 Å². The number of alkyl halides is 1. The summed E-state index contributed by atoms with van der Waals surface area (Å²) >= 11 is 3.42. The van der Waals surface area contributed by atoms with Gasteiger partial charge in [0.05, 0.1) is 23.1 Å². The minimum atomic E-state index is -0.419. The molecule has 58 heavy (non-hydrogen) atoms. The fraction of sp³-hybridized carbons (Fsp3) is 0.961. The van der Waals surface area contributed by atoms with E-state index in [9.17, 15) is 19.8 Å². The van der Waals surface area contributed by atoms with E-state index in [2.05, 4.69) is 46.9 Å². The van der Waals surface area contributed by atoms with Gasteiger partial charge in [0, 0.05) is 11.8 Å². The van der Waals surface area contributed by atoms with Crippen LogP contribution < -0.4 is 5.32 Å². The van der Waals surface area contributed by atoms with Crippen molar-refractivity contribution in [3.05, 3.63) is 0 Å². The Balaban J connectivity index is 0.000000156. The number of ketones is 2. The summed E-state index contributed by atoms with van der Waals surface area (Å²) in [6.07, 6.45) is 27.2. The van der Waals surface area contributed by atoms with Gasteiger partial charge in [-0.15, -0.1) is 0 Å². The number of hydrogen-bond acceptors (Lipinski definition) is 6. The lowest BCUT2D eigenvalue weighted by Crippen LogP contribution is -2.51. The van der Waals surface area contributed by atoms with E-state index in [1.807, 2.05) is 6.92 Å². The van der Waals surface area contributed by atoms with E-state index in [-0.39, 0.29) is 18.3 Å². The number of fused-ring (bicyclic) bond motifs is 10. The highest BCUT2D eigenvalue weighted by atomic mass is 79.9. The van der Waals surface area contributed by atoms with Crippen molar-refractivity contribution in [2.75, 3.05) is 38.1 Å². The number of carbonyl (C=O) groups excluding carboxylic acids is 2. The molecule has 0 spiro atoms. The molecule has 0 unspecified atom stereocenters. The summed E-state index contributed by atoms with van der Waals surface area (Å²) in [6.45, 7) is 14.5. The van der Waals surface area contributed by atoms with E-state index in [0.29, 0.717) is 28.7 Å². The average molecular weight is 872 g/mol. The molecule has 10 aliphatic rings. The number of likely N-dealkylation sites (tertiary alicyclic amines) is 1. The summed E-state index contributed by atoms with van der Waals surface area (Å²) in [6, 6.07) is 0. The molecule has 10 fully saturated rings. The number of hydrogen-bond donors (Lipinski definition) is 3. The van der Waals surface area contributed by atoms with Crippen molar-refractivity contribution in [2.24, 2.45) is 81.8 Å². The predicted octanol–water partition coefficient (Wildman–Crippen LogP) is 10.6. The van der Waals surface area contributed by atoms with E-state index in [1.54, 1.807) is 0 Å². The van der Waals surface area contributed by atoms with Crippen LogP contribution in [0.2, 0.25) is 0 Å². The fourth-order valence-electron chi connectivity index (χ4n) is 17.2. The third kappa shape index (κ3) is 9.04. The van der Waals surface area contributed by atoms with Gasteiger partial charge in [0.1, 0.15) is 11.6 Å². The Hall–Kier alpha value is -0.340. The fourth-order valence-corrected chi connectivity index (χ4v) is 17.6. The van der Waals surface area contributed by atoms with Crippen LogP contribution in [0.4, 0.5) is 0 Å². The smallest absolute Gasteiger partial charge is 0.150 e. The van der Waals surface area contributed by atoms with Gasteiger partial charge in [-0.3, -0.25) is 14.5 Å². The summed E-state index contributed by atoms with van der Waals surface area (Å²) in [7, 11) is 0. The zero-order chi connectivity index (χ0) is 40.2. The van der Waals surface area contributed by atoms with Crippen LogP contribution in [0.3, 0.4) is 0 Å². The minimum Gasteiger partial charge on any atom is -0.390 e. The highest BCUT2D eigenvalue weighted by Crippen LogP contribution is 2.66. The monoisotopic (exact) mass is 871 g/mol. The van der Waals surface area contributed by atoms with Crippen molar-refractivity contribution in [3.63, 3.8) is 0 Å². The molecule has 0 amide bonds. The molecule has 2 heterocycles. The Labute approximate surface area is 363 Å². The summed E-state index contributed by atoms with van der Waals surface area (Å²) in [5.41, 5.74) is -0.306. The van der Waals surface area contributed by atoms with E-state index >= 15 is 0 Å². The van der Waals surface area contributed by atoms with Crippen LogP contribution >= 0.6 is 15.9 Å². The largest absolute Gasteiger partial charge is 0.390 e. The molecule has 8 aliphatic carbocycles. The van der Waals surface area contributed by atoms with E-state index in [4.69, 9.17) is 0 Å². The molecule has 2 saturated heterocycles. The van der Waals surface area contributed by atoms with Crippen LogP contribution in [0.15, 0.2) is 0 Å². The van der Waals surface area contributed by atoms with Crippen molar-refractivity contribution >= 4 is 27.5 Å².